The van der Waals surface area contributed by atoms with Crippen LogP contribution in [0.25, 0.3) is 27.8 Å². The predicted octanol–water partition coefficient (Wildman–Crippen LogP) is 6.61. The lowest BCUT2D eigenvalue weighted by Crippen LogP contribution is -2.14. The first-order chi connectivity index (χ1) is 16.0. The molecule has 0 saturated heterocycles. The Morgan fingerprint density at radius 2 is 1.64 bits per heavy atom. The Labute approximate surface area is 196 Å². The van der Waals surface area contributed by atoms with Crippen molar-refractivity contribution >= 4 is 34.0 Å². The first-order valence-electron chi connectivity index (χ1n) is 10.6. The van der Waals surface area contributed by atoms with Gasteiger partial charge in [-0.2, -0.15) is 0 Å². The van der Waals surface area contributed by atoms with E-state index < -0.39 is 0 Å². The van der Waals surface area contributed by atoms with Gasteiger partial charge in [0.05, 0.1) is 5.69 Å². The molecule has 1 amide bonds. The first kappa shape index (κ1) is 20.9. The van der Waals surface area contributed by atoms with Crippen molar-refractivity contribution in [2.75, 3.05) is 5.32 Å². The maximum atomic E-state index is 13.1. The summed E-state index contributed by atoms with van der Waals surface area (Å²) in [5.74, 6) is 0.277. The minimum atomic E-state index is -0.378. The largest absolute Gasteiger partial charge is 0.319 e. The molecule has 1 N–H and O–H groups in total. The van der Waals surface area contributed by atoms with Gasteiger partial charge in [-0.15, -0.1) is 5.10 Å². The van der Waals surface area contributed by atoms with Crippen LogP contribution in [0.5, 0.6) is 0 Å². The molecule has 6 heteroatoms. The first-order valence-corrected chi connectivity index (χ1v) is 11.0. The number of carbonyl (C=O) groups excluding carboxylic acids is 1. The van der Waals surface area contributed by atoms with Crippen LogP contribution < -0.4 is 5.32 Å². The highest BCUT2D eigenvalue weighted by Gasteiger charge is 2.20. The lowest BCUT2D eigenvalue weighted by Gasteiger charge is -2.09. The number of amides is 1. The standard InChI is InChI=1S/C27H21ClN4O/c1-17-7-10-20(11-8-17)26-30-25(31-32(26)24-16-22(28)13-9-18(24)2)27(33)29-23-14-12-19-5-3-4-6-21(19)15-23/h3-16H,1-2H3,(H,29,33). The molecule has 0 bridgehead atoms. The van der Waals surface area contributed by atoms with Gasteiger partial charge < -0.3 is 5.32 Å². The summed E-state index contributed by atoms with van der Waals surface area (Å²) in [6.45, 7) is 4.00. The van der Waals surface area contributed by atoms with Crippen LogP contribution in [0.4, 0.5) is 5.69 Å². The number of benzene rings is 4. The number of carbonyl (C=O) groups is 1. The molecule has 5 aromatic rings. The normalized spacial score (nSPS) is 11.0. The third-order valence-corrected chi connectivity index (χ3v) is 5.76. The molecule has 5 rings (SSSR count). The van der Waals surface area contributed by atoms with Crippen molar-refractivity contribution in [3.63, 3.8) is 0 Å². The second-order valence-corrected chi connectivity index (χ2v) is 8.42. The van der Waals surface area contributed by atoms with Gasteiger partial charge in [0, 0.05) is 16.3 Å². The van der Waals surface area contributed by atoms with Crippen LogP contribution in [0.3, 0.4) is 0 Å². The molecule has 0 aliphatic heterocycles. The van der Waals surface area contributed by atoms with E-state index in [1.807, 2.05) is 98.8 Å². The minimum absolute atomic E-state index is 0.0816. The van der Waals surface area contributed by atoms with Crippen molar-refractivity contribution in [2.45, 2.75) is 13.8 Å². The number of anilines is 1. The van der Waals surface area contributed by atoms with Gasteiger partial charge in [-0.3, -0.25) is 4.79 Å². The minimum Gasteiger partial charge on any atom is -0.319 e. The Morgan fingerprint density at radius 3 is 2.42 bits per heavy atom. The second kappa shape index (κ2) is 8.52. The Balaban J connectivity index is 1.56. The summed E-state index contributed by atoms with van der Waals surface area (Å²) in [6, 6.07) is 27.3. The van der Waals surface area contributed by atoms with Crippen LogP contribution in [0.1, 0.15) is 21.7 Å². The van der Waals surface area contributed by atoms with Gasteiger partial charge in [-0.1, -0.05) is 77.8 Å². The summed E-state index contributed by atoms with van der Waals surface area (Å²) in [7, 11) is 0. The molecule has 33 heavy (non-hydrogen) atoms. The van der Waals surface area contributed by atoms with E-state index in [-0.39, 0.29) is 11.7 Å². The van der Waals surface area contributed by atoms with Crippen LogP contribution in [0.15, 0.2) is 84.9 Å². The molecular formula is C27H21ClN4O. The fourth-order valence-electron chi connectivity index (χ4n) is 3.73. The lowest BCUT2D eigenvalue weighted by molar-refractivity contribution is 0.101. The third kappa shape index (κ3) is 4.23. The van der Waals surface area contributed by atoms with Crippen molar-refractivity contribution in [3.05, 3.63) is 107 Å². The predicted molar refractivity (Wildman–Crippen MR) is 133 cm³/mol. The number of halogens is 1. The highest BCUT2D eigenvalue weighted by molar-refractivity contribution is 6.30. The number of aromatic nitrogens is 3. The molecule has 0 radical (unpaired) electrons. The Kier molecular flexibility index (Phi) is 5.40. The number of nitrogens with zero attached hydrogens (tertiary/aromatic N) is 3. The third-order valence-electron chi connectivity index (χ3n) is 5.53. The van der Waals surface area contributed by atoms with E-state index in [4.69, 9.17) is 11.6 Å². The van der Waals surface area contributed by atoms with Crippen molar-refractivity contribution in [1.82, 2.24) is 14.8 Å². The van der Waals surface area contributed by atoms with Crippen molar-refractivity contribution in [1.29, 1.82) is 0 Å². The quantitative estimate of drug-likeness (QED) is 0.333. The molecule has 5 nitrogen and oxygen atoms in total. The molecule has 0 aliphatic rings. The highest BCUT2D eigenvalue weighted by Crippen LogP contribution is 2.26. The molecule has 0 aliphatic carbocycles. The number of hydrogen-bond acceptors (Lipinski definition) is 3. The van der Waals surface area contributed by atoms with Gasteiger partial charge in [-0.25, -0.2) is 9.67 Å². The zero-order valence-electron chi connectivity index (χ0n) is 18.2. The smallest absolute Gasteiger partial charge is 0.295 e. The number of hydrogen-bond donors (Lipinski definition) is 1. The maximum absolute atomic E-state index is 13.1. The molecule has 1 aromatic heterocycles. The van der Waals surface area contributed by atoms with Gasteiger partial charge in [0.1, 0.15) is 0 Å². The zero-order valence-corrected chi connectivity index (χ0v) is 19.0. The molecule has 0 unspecified atom stereocenters. The fraction of sp³-hybridized carbons (Fsp3) is 0.0741. The second-order valence-electron chi connectivity index (χ2n) is 7.98. The summed E-state index contributed by atoms with van der Waals surface area (Å²) in [6.07, 6.45) is 0. The molecule has 0 atom stereocenters. The summed E-state index contributed by atoms with van der Waals surface area (Å²) in [5.41, 5.74) is 4.43. The molecule has 0 saturated carbocycles. The van der Waals surface area contributed by atoms with E-state index in [1.165, 1.54) is 0 Å². The Hall–Kier alpha value is -3.96. The zero-order chi connectivity index (χ0) is 22.9. The average molecular weight is 453 g/mol. The average Bonchev–Trinajstić information content (AvgIpc) is 3.26. The Bertz CT molecular complexity index is 1490. The van der Waals surface area contributed by atoms with Gasteiger partial charge in [0.25, 0.3) is 5.91 Å². The fourth-order valence-corrected chi connectivity index (χ4v) is 3.90. The van der Waals surface area contributed by atoms with Gasteiger partial charge in [-0.05, 0) is 54.4 Å². The monoisotopic (exact) mass is 452 g/mol. The lowest BCUT2D eigenvalue weighted by atomic mass is 10.1. The van der Waals surface area contributed by atoms with Gasteiger partial charge in [0.2, 0.25) is 5.82 Å². The number of rotatable bonds is 4. The molecule has 4 aromatic carbocycles. The molecule has 1 heterocycles. The van der Waals surface area contributed by atoms with E-state index in [1.54, 1.807) is 4.68 Å². The van der Waals surface area contributed by atoms with E-state index in [9.17, 15) is 4.79 Å². The number of nitrogens with one attached hydrogen (secondary N) is 1. The van der Waals surface area contributed by atoms with E-state index in [0.717, 1.165) is 33.2 Å². The van der Waals surface area contributed by atoms with Crippen LogP contribution in [0, 0.1) is 13.8 Å². The maximum Gasteiger partial charge on any atom is 0.295 e. The van der Waals surface area contributed by atoms with Crippen LogP contribution in [-0.4, -0.2) is 20.7 Å². The van der Waals surface area contributed by atoms with E-state index in [2.05, 4.69) is 15.4 Å². The van der Waals surface area contributed by atoms with E-state index in [0.29, 0.717) is 16.5 Å². The number of fused-ring (bicyclic) bond motifs is 1. The summed E-state index contributed by atoms with van der Waals surface area (Å²) < 4.78 is 1.68. The van der Waals surface area contributed by atoms with Crippen molar-refractivity contribution in [2.24, 2.45) is 0 Å². The van der Waals surface area contributed by atoms with E-state index >= 15 is 0 Å². The SMILES string of the molecule is Cc1ccc(-c2nc(C(=O)Nc3ccc4ccccc4c3)nn2-c2cc(Cl)ccc2C)cc1. The van der Waals surface area contributed by atoms with Gasteiger partial charge >= 0.3 is 0 Å². The van der Waals surface area contributed by atoms with Crippen molar-refractivity contribution < 1.29 is 4.79 Å². The van der Waals surface area contributed by atoms with Gasteiger partial charge in [0.15, 0.2) is 5.82 Å². The molecule has 0 spiro atoms. The summed E-state index contributed by atoms with van der Waals surface area (Å²) in [5, 5.41) is 10.2. The molecule has 162 valence electrons. The number of aryl methyl sites for hydroxylation is 2. The van der Waals surface area contributed by atoms with Crippen molar-refractivity contribution in [3.8, 4) is 17.1 Å². The summed E-state index contributed by atoms with van der Waals surface area (Å²) >= 11 is 6.27. The summed E-state index contributed by atoms with van der Waals surface area (Å²) in [4.78, 5) is 17.7. The Morgan fingerprint density at radius 1 is 0.879 bits per heavy atom. The molecular weight excluding hydrogens is 432 g/mol. The van der Waals surface area contributed by atoms with Crippen LogP contribution in [0.2, 0.25) is 5.02 Å². The highest BCUT2D eigenvalue weighted by atomic mass is 35.5. The van der Waals surface area contributed by atoms with Crippen LogP contribution >= 0.6 is 11.6 Å². The van der Waals surface area contributed by atoms with Crippen LogP contribution in [-0.2, 0) is 0 Å². The topological polar surface area (TPSA) is 59.8 Å². The molecule has 0 fully saturated rings.